The minimum absolute atomic E-state index is 0.260. The van der Waals surface area contributed by atoms with Crippen LogP contribution in [0, 0.1) is 6.92 Å². The van der Waals surface area contributed by atoms with Crippen LogP contribution < -0.4 is 5.32 Å². The van der Waals surface area contributed by atoms with Crippen LogP contribution in [-0.2, 0) is 4.79 Å². The number of anilines is 1. The Morgan fingerprint density at radius 2 is 1.72 bits per heavy atom. The number of aryl methyl sites for hydroxylation is 1. The van der Waals surface area contributed by atoms with E-state index in [1.165, 1.54) is 6.08 Å². The summed E-state index contributed by atoms with van der Waals surface area (Å²) < 4.78 is 11.7. The number of benzene rings is 3. The van der Waals surface area contributed by atoms with Gasteiger partial charge in [-0.15, -0.1) is 0 Å². The summed E-state index contributed by atoms with van der Waals surface area (Å²) >= 11 is 0. The Labute approximate surface area is 185 Å². The zero-order valence-corrected chi connectivity index (χ0v) is 17.4. The molecule has 0 bridgehead atoms. The number of oxazole rings is 1. The molecule has 5 rings (SSSR count). The van der Waals surface area contributed by atoms with Gasteiger partial charge >= 0.3 is 0 Å². The largest absolute Gasteiger partial charge is 0.457 e. The van der Waals surface area contributed by atoms with Crippen LogP contribution in [0.1, 0.15) is 11.3 Å². The van der Waals surface area contributed by atoms with Crippen LogP contribution in [0.5, 0.6) is 0 Å². The molecule has 0 aliphatic rings. The van der Waals surface area contributed by atoms with E-state index in [4.69, 9.17) is 8.83 Å². The molecule has 0 unspecified atom stereocenters. The summed E-state index contributed by atoms with van der Waals surface area (Å²) in [6, 6.07) is 26.9. The number of nitrogens with zero attached hydrogens (tertiary/aromatic N) is 1. The van der Waals surface area contributed by atoms with Crippen molar-refractivity contribution in [1.29, 1.82) is 0 Å². The van der Waals surface area contributed by atoms with Crippen molar-refractivity contribution in [2.45, 2.75) is 6.92 Å². The van der Waals surface area contributed by atoms with Gasteiger partial charge in [0.15, 0.2) is 5.58 Å². The van der Waals surface area contributed by atoms with E-state index in [0.29, 0.717) is 28.4 Å². The Hall–Kier alpha value is -4.38. The molecule has 3 aromatic carbocycles. The SMILES string of the molecule is Cc1ccccc1-c1nc2cc(NC(=O)/C=C/c3ccc(-c4ccccc4)o3)ccc2o1. The number of hydrogen-bond acceptors (Lipinski definition) is 4. The molecule has 5 nitrogen and oxygen atoms in total. The molecule has 1 amide bonds. The van der Waals surface area contributed by atoms with E-state index < -0.39 is 0 Å². The average molecular weight is 420 g/mol. The van der Waals surface area contributed by atoms with Gasteiger partial charge in [-0.2, -0.15) is 0 Å². The van der Waals surface area contributed by atoms with Gasteiger partial charge in [-0.05, 0) is 55.0 Å². The molecular weight excluding hydrogens is 400 g/mol. The Bertz CT molecular complexity index is 1430. The molecule has 32 heavy (non-hydrogen) atoms. The molecule has 0 radical (unpaired) electrons. The molecule has 0 spiro atoms. The lowest BCUT2D eigenvalue weighted by molar-refractivity contribution is -0.111. The molecule has 156 valence electrons. The van der Waals surface area contributed by atoms with Crippen molar-refractivity contribution in [2.24, 2.45) is 0 Å². The highest BCUT2D eigenvalue weighted by atomic mass is 16.3. The van der Waals surface area contributed by atoms with Gasteiger partial charge in [0.1, 0.15) is 17.0 Å². The minimum Gasteiger partial charge on any atom is -0.457 e. The predicted octanol–water partition coefficient (Wildman–Crippen LogP) is 6.72. The smallest absolute Gasteiger partial charge is 0.248 e. The Balaban J connectivity index is 1.29. The summed E-state index contributed by atoms with van der Waals surface area (Å²) in [7, 11) is 0. The van der Waals surface area contributed by atoms with Crippen molar-refractivity contribution in [1.82, 2.24) is 4.98 Å². The molecule has 0 atom stereocenters. The first kappa shape index (κ1) is 19.6. The fourth-order valence-electron chi connectivity index (χ4n) is 3.47. The van der Waals surface area contributed by atoms with E-state index in [-0.39, 0.29) is 5.91 Å². The van der Waals surface area contributed by atoms with E-state index in [1.54, 1.807) is 18.2 Å². The molecule has 0 saturated heterocycles. The van der Waals surface area contributed by atoms with E-state index in [2.05, 4.69) is 10.3 Å². The summed E-state index contributed by atoms with van der Waals surface area (Å²) in [5.41, 5.74) is 5.02. The highest BCUT2D eigenvalue weighted by molar-refractivity contribution is 6.02. The zero-order chi connectivity index (χ0) is 21.9. The minimum atomic E-state index is -0.260. The highest BCUT2D eigenvalue weighted by Gasteiger charge is 2.11. The lowest BCUT2D eigenvalue weighted by Crippen LogP contribution is -2.07. The van der Waals surface area contributed by atoms with Crippen LogP contribution in [0.4, 0.5) is 5.69 Å². The summed E-state index contributed by atoms with van der Waals surface area (Å²) in [5.74, 6) is 1.67. The number of aromatic nitrogens is 1. The van der Waals surface area contributed by atoms with Crippen molar-refractivity contribution in [3.05, 3.63) is 102 Å². The number of carbonyl (C=O) groups is 1. The standard InChI is InChI=1S/C27H20N2O3/c1-18-7-5-6-10-22(18)27-29-23-17-20(11-14-25(23)32-27)28-26(30)16-13-21-12-15-24(31-21)19-8-3-2-4-9-19/h2-17H,1H3,(H,28,30)/b16-13+. The first-order valence-corrected chi connectivity index (χ1v) is 10.3. The molecular formula is C27H20N2O3. The lowest BCUT2D eigenvalue weighted by Gasteiger charge is -2.00. The number of fused-ring (bicyclic) bond motifs is 1. The number of hydrogen-bond donors (Lipinski definition) is 1. The predicted molar refractivity (Wildman–Crippen MR) is 126 cm³/mol. The fourth-order valence-corrected chi connectivity index (χ4v) is 3.47. The number of furan rings is 1. The monoisotopic (exact) mass is 420 g/mol. The van der Waals surface area contributed by atoms with Crippen LogP contribution >= 0.6 is 0 Å². The number of nitrogens with one attached hydrogen (secondary N) is 1. The number of rotatable bonds is 5. The van der Waals surface area contributed by atoms with Crippen LogP contribution in [0.25, 0.3) is 40.0 Å². The van der Waals surface area contributed by atoms with Gasteiger partial charge in [-0.25, -0.2) is 4.98 Å². The zero-order valence-electron chi connectivity index (χ0n) is 17.4. The first-order chi connectivity index (χ1) is 15.7. The van der Waals surface area contributed by atoms with E-state index in [1.807, 2.05) is 79.7 Å². The molecule has 5 aromatic rings. The highest BCUT2D eigenvalue weighted by Crippen LogP contribution is 2.28. The molecule has 2 heterocycles. The molecule has 0 aliphatic carbocycles. The second kappa shape index (κ2) is 8.40. The number of amides is 1. The second-order valence-electron chi connectivity index (χ2n) is 7.41. The molecule has 2 aromatic heterocycles. The Morgan fingerprint density at radius 1 is 0.906 bits per heavy atom. The van der Waals surface area contributed by atoms with Crippen molar-refractivity contribution in [3.63, 3.8) is 0 Å². The average Bonchev–Trinajstić information content (AvgIpc) is 3.45. The normalized spacial score (nSPS) is 11.3. The molecule has 1 N–H and O–H groups in total. The van der Waals surface area contributed by atoms with Crippen molar-refractivity contribution in [3.8, 4) is 22.8 Å². The quantitative estimate of drug-likeness (QED) is 0.321. The molecule has 0 aliphatic heterocycles. The molecule has 0 saturated carbocycles. The van der Waals surface area contributed by atoms with Gasteiger partial charge in [-0.3, -0.25) is 4.79 Å². The summed E-state index contributed by atoms with van der Waals surface area (Å²) in [6.45, 7) is 2.02. The van der Waals surface area contributed by atoms with Gasteiger partial charge in [0.2, 0.25) is 11.8 Å². The van der Waals surface area contributed by atoms with Crippen LogP contribution in [-0.4, -0.2) is 10.9 Å². The first-order valence-electron chi connectivity index (χ1n) is 10.3. The molecule has 5 heteroatoms. The van der Waals surface area contributed by atoms with Gasteiger partial charge in [0.05, 0.1) is 0 Å². The third-order valence-electron chi connectivity index (χ3n) is 5.11. The van der Waals surface area contributed by atoms with Crippen molar-refractivity contribution < 1.29 is 13.6 Å². The summed E-state index contributed by atoms with van der Waals surface area (Å²) in [5, 5.41) is 2.85. The van der Waals surface area contributed by atoms with Crippen LogP contribution in [0.3, 0.4) is 0 Å². The number of carbonyl (C=O) groups excluding carboxylic acids is 1. The summed E-state index contributed by atoms with van der Waals surface area (Å²) in [4.78, 5) is 17.0. The maximum Gasteiger partial charge on any atom is 0.248 e. The molecule has 0 fully saturated rings. The Morgan fingerprint density at radius 3 is 2.56 bits per heavy atom. The van der Waals surface area contributed by atoms with Gasteiger partial charge < -0.3 is 14.2 Å². The third-order valence-corrected chi connectivity index (χ3v) is 5.11. The van der Waals surface area contributed by atoms with E-state index in [9.17, 15) is 4.79 Å². The van der Waals surface area contributed by atoms with Gasteiger partial charge in [0.25, 0.3) is 0 Å². The van der Waals surface area contributed by atoms with E-state index >= 15 is 0 Å². The second-order valence-corrected chi connectivity index (χ2v) is 7.41. The Kier molecular flexibility index (Phi) is 5.14. The summed E-state index contributed by atoms with van der Waals surface area (Å²) in [6.07, 6.45) is 3.09. The van der Waals surface area contributed by atoms with E-state index in [0.717, 1.165) is 22.5 Å². The lowest BCUT2D eigenvalue weighted by atomic mass is 10.1. The maximum atomic E-state index is 12.4. The van der Waals surface area contributed by atoms with Crippen LogP contribution in [0.2, 0.25) is 0 Å². The van der Waals surface area contributed by atoms with Crippen molar-refractivity contribution in [2.75, 3.05) is 5.32 Å². The van der Waals surface area contributed by atoms with Gasteiger partial charge in [0, 0.05) is 22.9 Å². The maximum absolute atomic E-state index is 12.4. The fraction of sp³-hybridized carbons (Fsp3) is 0.0370. The van der Waals surface area contributed by atoms with Crippen LogP contribution in [0.15, 0.2) is 99.8 Å². The van der Waals surface area contributed by atoms with Gasteiger partial charge in [-0.1, -0.05) is 48.5 Å². The third kappa shape index (κ3) is 4.09. The topological polar surface area (TPSA) is 68.3 Å². The van der Waals surface area contributed by atoms with Crippen molar-refractivity contribution >= 4 is 28.8 Å².